The molecule has 0 bridgehead atoms. The second kappa shape index (κ2) is 7.31. The lowest BCUT2D eigenvalue weighted by molar-refractivity contribution is 0.0697. The van der Waals surface area contributed by atoms with Crippen molar-refractivity contribution in [3.05, 3.63) is 86.9 Å². The lowest BCUT2D eigenvalue weighted by atomic mass is 10.2. The third-order valence-corrected chi connectivity index (χ3v) is 4.17. The minimum atomic E-state index is -1.03. The van der Waals surface area contributed by atoms with Crippen LogP contribution in [0, 0.1) is 0 Å². The number of ether oxygens (including phenoxy) is 1. The van der Waals surface area contributed by atoms with Gasteiger partial charge >= 0.3 is 5.97 Å². The number of benzene rings is 2. The number of hydrogen-bond donors (Lipinski definition) is 1. The van der Waals surface area contributed by atoms with Gasteiger partial charge in [-0.1, -0.05) is 30.3 Å². The van der Waals surface area contributed by atoms with Crippen molar-refractivity contribution in [3.8, 4) is 11.6 Å². The van der Waals surface area contributed by atoms with Crippen LogP contribution in [0.25, 0.3) is 5.69 Å². The van der Waals surface area contributed by atoms with Crippen LogP contribution >= 0.6 is 15.9 Å². The van der Waals surface area contributed by atoms with Gasteiger partial charge < -0.3 is 9.84 Å². The second-order valence-corrected chi connectivity index (χ2v) is 5.96. The normalized spacial score (nSPS) is 10.4. The van der Waals surface area contributed by atoms with Crippen molar-refractivity contribution in [2.45, 2.75) is 6.61 Å². The fourth-order valence-corrected chi connectivity index (χ4v) is 2.60. The van der Waals surface area contributed by atoms with Gasteiger partial charge in [-0.3, -0.25) is 9.36 Å². The molecular weight excluding hydrogens is 388 g/mol. The van der Waals surface area contributed by atoms with E-state index >= 15 is 0 Å². The molecule has 0 atom stereocenters. The first-order chi connectivity index (χ1) is 12.1. The summed E-state index contributed by atoms with van der Waals surface area (Å²) in [6.45, 7) is 0.295. The number of hydrogen-bond acceptors (Lipinski definition) is 4. The molecule has 0 saturated carbocycles. The molecule has 1 aromatic heterocycles. The zero-order valence-corrected chi connectivity index (χ0v) is 14.5. The second-order valence-electron chi connectivity index (χ2n) is 5.17. The highest BCUT2D eigenvalue weighted by atomic mass is 79.9. The highest BCUT2D eigenvalue weighted by Gasteiger charge is 2.12. The van der Waals surface area contributed by atoms with E-state index in [0.717, 1.165) is 5.56 Å². The van der Waals surface area contributed by atoms with E-state index in [-0.39, 0.29) is 21.5 Å². The lowest BCUT2D eigenvalue weighted by Crippen LogP contribution is -2.20. The molecule has 0 amide bonds. The largest absolute Gasteiger partial charge is 0.478 e. The van der Waals surface area contributed by atoms with Gasteiger partial charge in [-0.2, -0.15) is 0 Å². The zero-order valence-electron chi connectivity index (χ0n) is 12.9. The van der Waals surface area contributed by atoms with Gasteiger partial charge in [0.2, 0.25) is 5.88 Å². The maximum absolute atomic E-state index is 12.5. The van der Waals surface area contributed by atoms with Crippen molar-refractivity contribution in [1.29, 1.82) is 0 Å². The number of nitrogens with zero attached hydrogens (tertiary/aromatic N) is 2. The first-order valence-electron chi connectivity index (χ1n) is 7.34. The molecule has 2 aromatic carbocycles. The first-order valence-corrected chi connectivity index (χ1v) is 8.13. The Kier molecular flexibility index (Phi) is 4.95. The molecule has 0 saturated heterocycles. The van der Waals surface area contributed by atoms with Crippen LogP contribution in [0.5, 0.6) is 5.88 Å². The predicted octanol–water partition coefficient (Wildman–Crippen LogP) is 3.27. The molecule has 0 radical (unpaired) electrons. The van der Waals surface area contributed by atoms with Crippen molar-refractivity contribution in [1.82, 2.24) is 9.55 Å². The quantitative estimate of drug-likeness (QED) is 0.710. The smallest absolute Gasteiger partial charge is 0.335 e. The molecule has 0 fully saturated rings. The molecule has 25 heavy (non-hydrogen) atoms. The fraction of sp³-hybridized carbons (Fsp3) is 0.0556. The molecule has 7 heteroatoms. The Balaban J connectivity index is 1.85. The number of carboxylic acid groups (broad SMARTS) is 1. The molecule has 0 aliphatic rings. The highest BCUT2D eigenvalue weighted by molar-refractivity contribution is 9.10. The van der Waals surface area contributed by atoms with Crippen LogP contribution in [0.1, 0.15) is 15.9 Å². The molecule has 3 rings (SSSR count). The summed E-state index contributed by atoms with van der Waals surface area (Å²) < 4.78 is 7.11. The summed E-state index contributed by atoms with van der Waals surface area (Å²) >= 11 is 3.22. The molecule has 0 aliphatic carbocycles. The van der Waals surface area contributed by atoms with Crippen molar-refractivity contribution < 1.29 is 14.6 Å². The minimum absolute atomic E-state index is 0.145. The summed E-state index contributed by atoms with van der Waals surface area (Å²) in [5, 5.41) is 8.93. The van der Waals surface area contributed by atoms with Crippen LogP contribution in [0.2, 0.25) is 0 Å². The van der Waals surface area contributed by atoms with Crippen molar-refractivity contribution >= 4 is 21.9 Å². The maximum Gasteiger partial charge on any atom is 0.335 e. The number of aromatic nitrogens is 2. The molecule has 126 valence electrons. The number of carboxylic acids is 1. The Labute approximate surface area is 151 Å². The van der Waals surface area contributed by atoms with E-state index in [9.17, 15) is 9.59 Å². The van der Waals surface area contributed by atoms with Crippen molar-refractivity contribution in [3.63, 3.8) is 0 Å². The first kappa shape index (κ1) is 16.9. The Morgan fingerprint density at radius 3 is 2.44 bits per heavy atom. The highest BCUT2D eigenvalue weighted by Crippen LogP contribution is 2.19. The van der Waals surface area contributed by atoms with Crippen LogP contribution < -0.4 is 10.3 Å². The van der Waals surface area contributed by atoms with E-state index in [4.69, 9.17) is 9.84 Å². The van der Waals surface area contributed by atoms with Gasteiger partial charge in [0, 0.05) is 0 Å². The summed E-state index contributed by atoms with van der Waals surface area (Å²) in [6, 6.07) is 15.5. The van der Waals surface area contributed by atoms with Crippen LogP contribution in [-0.4, -0.2) is 20.6 Å². The third-order valence-electron chi connectivity index (χ3n) is 3.50. The van der Waals surface area contributed by atoms with Gasteiger partial charge in [0.1, 0.15) is 17.4 Å². The van der Waals surface area contributed by atoms with Gasteiger partial charge in [0.25, 0.3) is 5.56 Å². The topological polar surface area (TPSA) is 81.4 Å². The number of rotatable bonds is 5. The monoisotopic (exact) mass is 400 g/mol. The summed E-state index contributed by atoms with van der Waals surface area (Å²) in [4.78, 5) is 27.6. The molecule has 1 N–H and O–H groups in total. The third kappa shape index (κ3) is 3.77. The Morgan fingerprint density at radius 1 is 1.12 bits per heavy atom. The average Bonchev–Trinajstić information content (AvgIpc) is 2.64. The summed E-state index contributed by atoms with van der Waals surface area (Å²) in [5.74, 6) is -0.824. The van der Waals surface area contributed by atoms with Crippen molar-refractivity contribution in [2.75, 3.05) is 0 Å². The summed E-state index contributed by atoms with van der Waals surface area (Å²) in [6.07, 6.45) is 1.35. The molecule has 3 aromatic rings. The fourth-order valence-electron chi connectivity index (χ4n) is 2.19. The van der Waals surface area contributed by atoms with Gasteiger partial charge in [-0.25, -0.2) is 9.78 Å². The SMILES string of the molecule is O=C(O)c1ccc(-n2cnc(OCc3ccccc3)c(Br)c2=O)cc1. The maximum atomic E-state index is 12.5. The van der Waals surface area contributed by atoms with Crippen LogP contribution in [0.15, 0.2) is 70.2 Å². The molecule has 0 unspecified atom stereocenters. The van der Waals surface area contributed by atoms with Crippen LogP contribution in [0.3, 0.4) is 0 Å². The van der Waals surface area contributed by atoms with Gasteiger partial charge in [0.05, 0.1) is 11.3 Å². The number of halogens is 1. The van der Waals surface area contributed by atoms with Gasteiger partial charge in [0.15, 0.2) is 0 Å². The Hall–Kier alpha value is -2.93. The van der Waals surface area contributed by atoms with Crippen molar-refractivity contribution in [2.24, 2.45) is 0 Å². The molecular formula is C18H13BrN2O4. The van der Waals surface area contributed by atoms with E-state index in [1.807, 2.05) is 30.3 Å². The average molecular weight is 401 g/mol. The van der Waals surface area contributed by atoms with E-state index in [1.54, 1.807) is 12.1 Å². The van der Waals surface area contributed by atoms with Crippen LogP contribution in [-0.2, 0) is 6.61 Å². The standard InChI is InChI=1S/C18H13BrN2O4/c19-15-16(25-10-12-4-2-1-3-5-12)20-11-21(17(15)22)14-8-6-13(7-9-14)18(23)24/h1-9,11H,10H2,(H,23,24). The van der Waals surface area contributed by atoms with E-state index in [0.29, 0.717) is 12.3 Å². The summed E-state index contributed by atoms with van der Waals surface area (Å²) in [7, 11) is 0. The minimum Gasteiger partial charge on any atom is -0.478 e. The Morgan fingerprint density at radius 2 is 1.80 bits per heavy atom. The molecule has 1 heterocycles. The van der Waals surface area contributed by atoms with Crippen LogP contribution in [0.4, 0.5) is 0 Å². The molecule has 0 aliphatic heterocycles. The summed E-state index contributed by atoms with van der Waals surface area (Å²) in [5.41, 5.74) is 1.27. The molecule has 6 nitrogen and oxygen atoms in total. The predicted molar refractivity (Wildman–Crippen MR) is 95.3 cm³/mol. The van der Waals surface area contributed by atoms with E-state index < -0.39 is 5.97 Å². The van der Waals surface area contributed by atoms with E-state index in [2.05, 4.69) is 20.9 Å². The van der Waals surface area contributed by atoms with E-state index in [1.165, 1.54) is 23.0 Å². The molecule has 0 spiro atoms. The number of aromatic carboxylic acids is 1. The lowest BCUT2D eigenvalue weighted by Gasteiger charge is -2.10. The van der Waals surface area contributed by atoms with Gasteiger partial charge in [-0.05, 0) is 45.8 Å². The zero-order chi connectivity index (χ0) is 17.8. The Bertz CT molecular complexity index is 953. The van der Waals surface area contributed by atoms with Gasteiger partial charge in [-0.15, -0.1) is 0 Å². The number of carbonyl (C=O) groups is 1.